The molecule has 55 heavy (non-hydrogen) atoms. The first-order valence-corrected chi connectivity index (χ1v) is 19.0. The fraction of sp³-hybridized carbons (Fsp3) is 0.0385. The second kappa shape index (κ2) is 12.8. The molecular formula is C52H36N2O. The van der Waals surface area contributed by atoms with Crippen molar-refractivity contribution in [3.63, 3.8) is 0 Å². The van der Waals surface area contributed by atoms with Crippen LogP contribution in [-0.4, -0.2) is 6.04 Å². The Kier molecular flexibility index (Phi) is 7.31. The van der Waals surface area contributed by atoms with Crippen LogP contribution in [0.1, 0.15) is 11.5 Å². The van der Waals surface area contributed by atoms with Crippen molar-refractivity contribution in [3.05, 3.63) is 212 Å². The van der Waals surface area contributed by atoms with Crippen molar-refractivity contribution in [1.29, 1.82) is 0 Å². The average Bonchev–Trinajstić information content (AvgIpc) is 3.80. The molecule has 0 saturated carbocycles. The summed E-state index contributed by atoms with van der Waals surface area (Å²) in [7, 11) is 0. The van der Waals surface area contributed by atoms with E-state index in [2.05, 4.69) is 210 Å². The Bertz CT molecular complexity index is 2980. The van der Waals surface area contributed by atoms with Gasteiger partial charge in [0.2, 0.25) is 0 Å². The Morgan fingerprint density at radius 3 is 2.07 bits per heavy atom. The van der Waals surface area contributed by atoms with Gasteiger partial charge in [-0.2, -0.15) is 0 Å². The molecule has 2 unspecified atom stereocenters. The maximum atomic E-state index is 6.54. The van der Waals surface area contributed by atoms with E-state index in [1.54, 1.807) is 0 Å². The molecule has 0 saturated heterocycles. The van der Waals surface area contributed by atoms with Gasteiger partial charge in [-0.25, -0.2) is 0 Å². The Labute approximate surface area is 320 Å². The van der Waals surface area contributed by atoms with Crippen molar-refractivity contribution in [2.24, 2.45) is 0 Å². The topological polar surface area (TPSA) is 19.6 Å². The molecule has 9 aromatic rings. The summed E-state index contributed by atoms with van der Waals surface area (Å²) in [5.41, 5.74) is 13.4. The maximum Gasteiger partial charge on any atom is 0.143 e. The van der Waals surface area contributed by atoms with Crippen molar-refractivity contribution in [3.8, 4) is 22.3 Å². The molecule has 0 spiro atoms. The highest BCUT2D eigenvalue weighted by Crippen LogP contribution is 2.52. The molecule has 2 aliphatic rings. The lowest BCUT2D eigenvalue weighted by atomic mass is 9.91. The number of benzene rings is 8. The lowest BCUT2D eigenvalue weighted by Crippen LogP contribution is -2.29. The van der Waals surface area contributed by atoms with Gasteiger partial charge in [0.1, 0.15) is 11.2 Å². The summed E-state index contributed by atoms with van der Waals surface area (Å²) >= 11 is 0. The number of allylic oxidation sites excluding steroid dienone is 2. The fourth-order valence-corrected chi connectivity index (χ4v) is 8.98. The minimum Gasteiger partial charge on any atom is -0.455 e. The molecule has 1 aliphatic carbocycles. The number of anilines is 5. The lowest BCUT2D eigenvalue weighted by molar-refractivity contribution is 0.670. The van der Waals surface area contributed by atoms with E-state index in [9.17, 15) is 0 Å². The Balaban J connectivity index is 1.13. The summed E-state index contributed by atoms with van der Waals surface area (Å²) in [6, 6.07) is 65.8. The van der Waals surface area contributed by atoms with Crippen LogP contribution in [0.4, 0.5) is 28.4 Å². The third-order valence-corrected chi connectivity index (χ3v) is 11.4. The summed E-state index contributed by atoms with van der Waals surface area (Å²) in [6.45, 7) is 0. The molecule has 0 amide bonds. The first kappa shape index (κ1) is 31.4. The third kappa shape index (κ3) is 5.04. The molecule has 260 valence electrons. The van der Waals surface area contributed by atoms with Crippen molar-refractivity contribution in [2.75, 3.05) is 9.80 Å². The van der Waals surface area contributed by atoms with Crippen LogP contribution >= 0.6 is 0 Å². The number of furan rings is 1. The van der Waals surface area contributed by atoms with E-state index >= 15 is 0 Å². The van der Waals surface area contributed by atoms with Gasteiger partial charge in [0.25, 0.3) is 0 Å². The van der Waals surface area contributed by atoms with Crippen molar-refractivity contribution in [2.45, 2.75) is 12.0 Å². The highest BCUT2D eigenvalue weighted by Gasteiger charge is 2.38. The fourth-order valence-electron chi connectivity index (χ4n) is 8.98. The van der Waals surface area contributed by atoms with E-state index in [-0.39, 0.29) is 6.04 Å². The van der Waals surface area contributed by atoms with Gasteiger partial charge < -0.3 is 14.2 Å². The number of fused-ring (bicyclic) bond motifs is 7. The van der Waals surface area contributed by atoms with E-state index in [1.165, 1.54) is 33.3 Å². The van der Waals surface area contributed by atoms with Crippen LogP contribution in [0.2, 0.25) is 0 Å². The van der Waals surface area contributed by atoms with Crippen LogP contribution in [0.25, 0.3) is 55.0 Å². The smallest absolute Gasteiger partial charge is 0.143 e. The molecule has 0 fully saturated rings. The maximum absolute atomic E-state index is 6.54. The van der Waals surface area contributed by atoms with Crippen molar-refractivity contribution in [1.82, 2.24) is 0 Å². The Morgan fingerprint density at radius 2 is 1.13 bits per heavy atom. The molecule has 3 heteroatoms. The van der Waals surface area contributed by atoms with Crippen LogP contribution in [0, 0.1) is 0 Å². The van der Waals surface area contributed by atoms with Crippen molar-refractivity contribution >= 4 is 61.1 Å². The molecule has 0 radical (unpaired) electrons. The minimum atomic E-state index is 0.197. The molecule has 0 bridgehead atoms. The molecule has 11 rings (SSSR count). The molecule has 8 aromatic carbocycles. The number of nitrogens with zero attached hydrogens (tertiary/aromatic N) is 2. The SMILES string of the molecule is C1=CC2c3ccccc3N(c3ccccc3-c3ccccc3N(c3cccc(-c4cccc5c4oc4ccccc45)c3)c3cccc4ccccc34)C2C=C1. The van der Waals surface area contributed by atoms with E-state index in [1.807, 2.05) is 6.07 Å². The quantitative estimate of drug-likeness (QED) is 0.172. The normalized spacial score (nSPS) is 15.8. The van der Waals surface area contributed by atoms with E-state index in [4.69, 9.17) is 4.42 Å². The van der Waals surface area contributed by atoms with Crippen molar-refractivity contribution < 1.29 is 4.42 Å². The number of para-hydroxylation sites is 5. The van der Waals surface area contributed by atoms with Crippen LogP contribution < -0.4 is 9.80 Å². The molecule has 0 N–H and O–H groups in total. The van der Waals surface area contributed by atoms with Gasteiger partial charge in [0.05, 0.1) is 17.4 Å². The van der Waals surface area contributed by atoms with Gasteiger partial charge in [-0.3, -0.25) is 0 Å². The highest BCUT2D eigenvalue weighted by atomic mass is 16.3. The molecule has 1 aromatic heterocycles. The summed E-state index contributed by atoms with van der Waals surface area (Å²) in [6.07, 6.45) is 9.08. The number of rotatable bonds is 6. The second-order valence-electron chi connectivity index (χ2n) is 14.4. The monoisotopic (exact) mass is 704 g/mol. The predicted octanol–water partition coefficient (Wildman–Crippen LogP) is 14.3. The zero-order valence-corrected chi connectivity index (χ0v) is 30.1. The molecule has 1 aliphatic heterocycles. The van der Waals surface area contributed by atoms with Gasteiger partial charge in [-0.15, -0.1) is 0 Å². The number of hydrogen-bond donors (Lipinski definition) is 0. The third-order valence-electron chi connectivity index (χ3n) is 11.4. The summed E-state index contributed by atoms with van der Waals surface area (Å²) < 4.78 is 6.54. The molecule has 3 nitrogen and oxygen atoms in total. The summed E-state index contributed by atoms with van der Waals surface area (Å²) in [5.74, 6) is 0.302. The largest absolute Gasteiger partial charge is 0.455 e. The van der Waals surface area contributed by atoms with Gasteiger partial charge in [-0.1, -0.05) is 164 Å². The van der Waals surface area contributed by atoms with Crippen LogP contribution in [0.15, 0.2) is 211 Å². The number of hydrogen-bond acceptors (Lipinski definition) is 3. The van der Waals surface area contributed by atoms with E-state index in [0.29, 0.717) is 5.92 Å². The van der Waals surface area contributed by atoms with Crippen LogP contribution in [0.3, 0.4) is 0 Å². The second-order valence-corrected chi connectivity index (χ2v) is 14.4. The predicted molar refractivity (Wildman–Crippen MR) is 230 cm³/mol. The van der Waals surface area contributed by atoms with Gasteiger partial charge >= 0.3 is 0 Å². The molecular weight excluding hydrogens is 669 g/mol. The Hall–Kier alpha value is -7.10. The standard InChI is InChI=1S/C52H36N2O/c1-2-20-38-35(16-1)17-14-32-46(38)53(37-19-13-18-36(34-37)39-26-15-27-45-44-25-7-12-33-51(44)55-52(39)45)47-28-8-3-21-40(47)41-22-4-9-29-48(41)54-49-30-10-5-23-42(49)43-24-6-11-31-50(43)54/h1-34,42,49H. The first-order valence-electron chi connectivity index (χ1n) is 19.0. The van der Waals surface area contributed by atoms with Gasteiger partial charge in [0.15, 0.2) is 0 Å². The lowest BCUT2D eigenvalue weighted by Gasteiger charge is -2.33. The zero-order valence-electron chi connectivity index (χ0n) is 30.1. The minimum absolute atomic E-state index is 0.197. The van der Waals surface area contributed by atoms with Crippen LogP contribution in [-0.2, 0) is 0 Å². The van der Waals surface area contributed by atoms with Gasteiger partial charge in [0, 0.05) is 55.8 Å². The van der Waals surface area contributed by atoms with Gasteiger partial charge in [-0.05, 0) is 59.0 Å². The van der Waals surface area contributed by atoms with E-state index < -0.39 is 0 Å². The zero-order chi connectivity index (χ0) is 36.3. The molecule has 2 heterocycles. The summed E-state index contributed by atoms with van der Waals surface area (Å²) in [4.78, 5) is 4.99. The Morgan fingerprint density at radius 1 is 0.473 bits per heavy atom. The van der Waals surface area contributed by atoms with E-state index in [0.717, 1.165) is 55.7 Å². The highest BCUT2D eigenvalue weighted by molar-refractivity contribution is 6.10. The summed E-state index contributed by atoms with van der Waals surface area (Å²) in [5, 5.41) is 4.64. The first-order chi connectivity index (χ1) is 27.3. The van der Waals surface area contributed by atoms with Crippen LogP contribution in [0.5, 0.6) is 0 Å². The molecule has 2 atom stereocenters. The average molecular weight is 705 g/mol.